The zero-order valence-electron chi connectivity index (χ0n) is 17.6. The Balaban J connectivity index is 1.63. The number of aliphatic hydroxyl groups is 1. The number of fused-ring (bicyclic) bond motifs is 3. The van der Waals surface area contributed by atoms with Crippen LogP contribution in [0.4, 0.5) is 0 Å². The topological polar surface area (TPSA) is 139 Å². The van der Waals surface area contributed by atoms with Crippen LogP contribution < -0.4 is 5.73 Å². The first-order valence-corrected chi connectivity index (χ1v) is 10.8. The maximum Gasteiger partial charge on any atom is 0.198 e. The van der Waals surface area contributed by atoms with Crippen molar-refractivity contribution in [3.63, 3.8) is 0 Å². The van der Waals surface area contributed by atoms with Gasteiger partial charge in [0.25, 0.3) is 0 Å². The molecule has 0 amide bonds. The molecule has 5 rings (SSSR count). The maximum absolute atomic E-state index is 13.2. The molecule has 1 saturated heterocycles. The van der Waals surface area contributed by atoms with Gasteiger partial charge < -0.3 is 30.5 Å². The van der Waals surface area contributed by atoms with Gasteiger partial charge in [-0.2, -0.15) is 0 Å². The SMILES string of the molecule is CC1CC(N)CC(OC2CC(O)Cc3c(O)c4c(c(O)c32)C(=O)c2ccccc2C4=O)O1. The molecule has 0 saturated carbocycles. The average molecular weight is 439 g/mol. The summed E-state index contributed by atoms with van der Waals surface area (Å²) in [6.45, 7) is 1.89. The molecular formula is C24H25NO7. The summed E-state index contributed by atoms with van der Waals surface area (Å²) >= 11 is 0. The number of aromatic hydroxyl groups is 2. The van der Waals surface area contributed by atoms with Crippen molar-refractivity contribution in [2.24, 2.45) is 5.73 Å². The highest BCUT2D eigenvalue weighted by Crippen LogP contribution is 2.49. The zero-order valence-corrected chi connectivity index (χ0v) is 17.6. The summed E-state index contributed by atoms with van der Waals surface area (Å²) in [4.78, 5) is 26.3. The monoisotopic (exact) mass is 439 g/mol. The Bertz CT molecular complexity index is 1120. The van der Waals surface area contributed by atoms with Gasteiger partial charge in [-0.1, -0.05) is 24.3 Å². The molecule has 0 radical (unpaired) electrons. The van der Waals surface area contributed by atoms with Crippen LogP contribution in [0.3, 0.4) is 0 Å². The minimum Gasteiger partial charge on any atom is -0.507 e. The van der Waals surface area contributed by atoms with Gasteiger partial charge in [0, 0.05) is 47.6 Å². The number of hydrogen-bond acceptors (Lipinski definition) is 8. The number of phenolic OH excluding ortho intramolecular Hbond substituents is 2. The fourth-order valence-corrected chi connectivity index (χ4v) is 5.16. The van der Waals surface area contributed by atoms with Crippen LogP contribution in [0.5, 0.6) is 11.5 Å². The van der Waals surface area contributed by atoms with E-state index in [2.05, 4.69) is 0 Å². The van der Waals surface area contributed by atoms with Crippen molar-refractivity contribution in [2.75, 3.05) is 0 Å². The van der Waals surface area contributed by atoms with Gasteiger partial charge in [0.1, 0.15) is 11.5 Å². The van der Waals surface area contributed by atoms with Crippen LogP contribution in [0.1, 0.15) is 75.3 Å². The molecule has 5 N–H and O–H groups in total. The molecule has 0 aromatic heterocycles. The minimum absolute atomic E-state index is 0.0203. The Morgan fingerprint density at radius 3 is 2.25 bits per heavy atom. The first-order chi connectivity index (χ1) is 15.3. The molecule has 2 aliphatic carbocycles. The van der Waals surface area contributed by atoms with Crippen molar-refractivity contribution in [1.82, 2.24) is 0 Å². The predicted molar refractivity (Wildman–Crippen MR) is 113 cm³/mol. The molecule has 8 heteroatoms. The first-order valence-electron chi connectivity index (χ1n) is 10.8. The van der Waals surface area contributed by atoms with E-state index >= 15 is 0 Å². The third-order valence-electron chi connectivity index (χ3n) is 6.54. The number of rotatable bonds is 2. The second kappa shape index (κ2) is 7.67. The van der Waals surface area contributed by atoms with Crippen LogP contribution in [-0.2, 0) is 15.9 Å². The number of benzene rings is 2. The lowest BCUT2D eigenvalue weighted by Gasteiger charge is -2.37. The Kier molecular flexibility index (Phi) is 5.05. The van der Waals surface area contributed by atoms with Crippen LogP contribution >= 0.6 is 0 Å². The highest BCUT2D eigenvalue weighted by atomic mass is 16.7. The maximum atomic E-state index is 13.2. The van der Waals surface area contributed by atoms with Crippen molar-refractivity contribution in [2.45, 2.75) is 63.3 Å². The number of hydrogen-bond donors (Lipinski definition) is 4. The number of ether oxygens (including phenoxy) is 2. The van der Waals surface area contributed by atoms with E-state index < -0.39 is 41.6 Å². The second-order valence-electron chi connectivity index (χ2n) is 8.87. The molecule has 5 unspecified atom stereocenters. The van der Waals surface area contributed by atoms with Crippen LogP contribution in [0.2, 0.25) is 0 Å². The van der Waals surface area contributed by atoms with Gasteiger partial charge in [0.15, 0.2) is 17.9 Å². The molecule has 0 spiro atoms. The fourth-order valence-electron chi connectivity index (χ4n) is 5.16. The average Bonchev–Trinajstić information content (AvgIpc) is 2.73. The lowest BCUT2D eigenvalue weighted by molar-refractivity contribution is -0.221. The number of carbonyl (C=O) groups is 2. The van der Waals surface area contributed by atoms with Gasteiger partial charge in [-0.3, -0.25) is 9.59 Å². The molecule has 1 aliphatic heterocycles. The molecule has 168 valence electrons. The van der Waals surface area contributed by atoms with E-state index in [4.69, 9.17) is 15.2 Å². The standard InChI is InChI=1S/C24H25NO7/c1-10-6-11(25)7-17(31-10)32-16-9-12(26)8-15-18(16)24(30)20-19(23(15)29)21(27)13-4-2-3-5-14(13)22(20)28/h2-5,10-12,16-17,26,29-30H,6-9,25H2,1H3. The van der Waals surface area contributed by atoms with Crippen molar-refractivity contribution in [1.29, 1.82) is 0 Å². The van der Waals surface area contributed by atoms with Gasteiger partial charge in [-0.05, 0) is 13.3 Å². The summed E-state index contributed by atoms with van der Waals surface area (Å²) in [7, 11) is 0. The summed E-state index contributed by atoms with van der Waals surface area (Å²) in [5, 5.41) is 32.7. The van der Waals surface area contributed by atoms with Crippen molar-refractivity contribution < 1.29 is 34.4 Å². The fraction of sp³-hybridized carbons (Fsp3) is 0.417. The van der Waals surface area contributed by atoms with Crippen molar-refractivity contribution >= 4 is 11.6 Å². The molecule has 1 fully saturated rings. The summed E-state index contributed by atoms with van der Waals surface area (Å²) in [6.07, 6.45) is -1.19. The van der Waals surface area contributed by atoms with E-state index in [-0.39, 0.29) is 58.4 Å². The molecule has 8 nitrogen and oxygen atoms in total. The normalized spacial score (nSPS) is 29.3. The lowest BCUT2D eigenvalue weighted by atomic mass is 9.76. The number of phenols is 2. The summed E-state index contributed by atoms with van der Waals surface area (Å²) in [5.41, 5.74) is 6.38. The summed E-state index contributed by atoms with van der Waals surface area (Å²) in [6, 6.07) is 6.19. The number of ketones is 2. The second-order valence-corrected chi connectivity index (χ2v) is 8.87. The zero-order chi connectivity index (χ0) is 22.7. The van der Waals surface area contributed by atoms with Gasteiger partial charge in [0.05, 0.1) is 29.4 Å². The lowest BCUT2D eigenvalue weighted by Crippen LogP contribution is -2.41. The molecule has 0 bridgehead atoms. The Morgan fingerprint density at radius 2 is 1.62 bits per heavy atom. The quantitative estimate of drug-likeness (QED) is 0.445. The molecule has 2 aromatic carbocycles. The summed E-state index contributed by atoms with van der Waals surface area (Å²) < 4.78 is 11.9. The molecule has 5 atom stereocenters. The van der Waals surface area contributed by atoms with Crippen LogP contribution in [0.15, 0.2) is 24.3 Å². The van der Waals surface area contributed by atoms with Gasteiger partial charge >= 0.3 is 0 Å². The van der Waals surface area contributed by atoms with E-state index in [1.165, 1.54) is 12.1 Å². The molecule has 2 aromatic rings. The molecule has 3 aliphatic rings. The third-order valence-corrected chi connectivity index (χ3v) is 6.54. The first kappa shape index (κ1) is 21.1. The third kappa shape index (κ3) is 3.22. The summed E-state index contributed by atoms with van der Waals surface area (Å²) in [5.74, 6) is -1.88. The highest BCUT2D eigenvalue weighted by molar-refractivity contribution is 6.30. The van der Waals surface area contributed by atoms with E-state index in [0.29, 0.717) is 12.8 Å². The van der Waals surface area contributed by atoms with Crippen LogP contribution in [-0.4, -0.2) is 51.4 Å². The predicted octanol–water partition coefficient (Wildman–Crippen LogP) is 2.09. The number of aliphatic hydroxyl groups excluding tert-OH is 1. The van der Waals surface area contributed by atoms with E-state index in [0.717, 1.165) is 0 Å². The smallest absolute Gasteiger partial charge is 0.198 e. The van der Waals surface area contributed by atoms with E-state index in [9.17, 15) is 24.9 Å². The van der Waals surface area contributed by atoms with Crippen molar-refractivity contribution in [3.8, 4) is 11.5 Å². The largest absolute Gasteiger partial charge is 0.507 e. The minimum atomic E-state index is -0.868. The van der Waals surface area contributed by atoms with E-state index in [1.807, 2.05) is 6.92 Å². The Morgan fingerprint density at radius 1 is 1.00 bits per heavy atom. The number of carbonyl (C=O) groups excluding carboxylic acids is 2. The van der Waals surface area contributed by atoms with Gasteiger partial charge in [0.2, 0.25) is 0 Å². The van der Waals surface area contributed by atoms with Gasteiger partial charge in [-0.25, -0.2) is 0 Å². The molecular weight excluding hydrogens is 414 g/mol. The van der Waals surface area contributed by atoms with Crippen LogP contribution in [0, 0.1) is 0 Å². The Labute approximate surface area is 184 Å². The van der Waals surface area contributed by atoms with Crippen molar-refractivity contribution in [3.05, 3.63) is 57.6 Å². The van der Waals surface area contributed by atoms with Crippen LogP contribution in [0.25, 0.3) is 0 Å². The van der Waals surface area contributed by atoms with Gasteiger partial charge in [-0.15, -0.1) is 0 Å². The van der Waals surface area contributed by atoms with E-state index in [1.54, 1.807) is 12.1 Å². The molecule has 32 heavy (non-hydrogen) atoms. The Hall–Kier alpha value is -2.78. The highest BCUT2D eigenvalue weighted by Gasteiger charge is 2.42. The number of nitrogens with two attached hydrogens (primary N) is 1. The molecule has 1 heterocycles.